The number of carbonyl (C=O) groups is 1. The topological polar surface area (TPSA) is 59.6 Å². The third-order valence-corrected chi connectivity index (χ3v) is 3.71. The van der Waals surface area contributed by atoms with E-state index in [1.165, 1.54) is 6.42 Å². The predicted octanol–water partition coefficient (Wildman–Crippen LogP) is 0.0502. The average molecular weight is 242 g/mol. The summed E-state index contributed by atoms with van der Waals surface area (Å²) in [6, 6.07) is -0.0278. The second kappa shape index (κ2) is 5.80. The standard InChI is InChI=1S/C12H22N2O3/c1-16-12(5-7-17-9-12)8-14-11(15)10-4-2-3-6-13-10/h10,13H,2-9H2,1H3,(H,14,15). The van der Waals surface area contributed by atoms with Crippen LogP contribution < -0.4 is 10.6 Å². The predicted molar refractivity (Wildman–Crippen MR) is 63.8 cm³/mol. The maximum absolute atomic E-state index is 11.9. The van der Waals surface area contributed by atoms with Crippen molar-refractivity contribution < 1.29 is 14.3 Å². The molecule has 5 heteroatoms. The van der Waals surface area contributed by atoms with Gasteiger partial charge in [0.15, 0.2) is 0 Å². The molecule has 5 nitrogen and oxygen atoms in total. The molecule has 0 spiro atoms. The van der Waals surface area contributed by atoms with Crippen molar-refractivity contribution in [3.8, 4) is 0 Å². The van der Waals surface area contributed by atoms with Crippen LogP contribution in [-0.2, 0) is 14.3 Å². The van der Waals surface area contributed by atoms with Crippen LogP contribution in [0, 0.1) is 0 Å². The molecule has 2 aliphatic rings. The number of ether oxygens (including phenoxy) is 2. The quantitative estimate of drug-likeness (QED) is 0.731. The van der Waals surface area contributed by atoms with E-state index in [1.54, 1.807) is 7.11 Å². The Hall–Kier alpha value is -0.650. The molecule has 0 radical (unpaired) electrons. The average Bonchev–Trinajstić information content (AvgIpc) is 2.86. The molecule has 2 atom stereocenters. The van der Waals surface area contributed by atoms with Crippen molar-refractivity contribution in [2.24, 2.45) is 0 Å². The van der Waals surface area contributed by atoms with Crippen LogP contribution in [0.5, 0.6) is 0 Å². The van der Waals surface area contributed by atoms with Gasteiger partial charge in [0.05, 0.1) is 12.6 Å². The Labute approximate surface area is 102 Å². The summed E-state index contributed by atoms with van der Waals surface area (Å²) in [7, 11) is 1.68. The molecule has 0 bridgehead atoms. The lowest BCUT2D eigenvalue weighted by atomic mass is 10.0. The Kier molecular flexibility index (Phi) is 4.36. The highest BCUT2D eigenvalue weighted by Gasteiger charge is 2.35. The van der Waals surface area contributed by atoms with E-state index < -0.39 is 0 Å². The minimum atomic E-state index is -0.315. The monoisotopic (exact) mass is 242 g/mol. The minimum absolute atomic E-state index is 0.0278. The van der Waals surface area contributed by atoms with Gasteiger partial charge in [0.1, 0.15) is 5.60 Å². The number of carbonyl (C=O) groups excluding carboxylic acids is 1. The highest BCUT2D eigenvalue weighted by Crippen LogP contribution is 2.21. The number of hydrogen-bond donors (Lipinski definition) is 2. The summed E-state index contributed by atoms with van der Waals surface area (Å²) in [5, 5.41) is 6.22. The number of amides is 1. The van der Waals surface area contributed by atoms with Crippen LogP contribution in [0.25, 0.3) is 0 Å². The fraction of sp³-hybridized carbons (Fsp3) is 0.917. The summed E-state index contributed by atoms with van der Waals surface area (Å²) in [6.07, 6.45) is 4.08. The van der Waals surface area contributed by atoms with Crippen LogP contribution in [0.2, 0.25) is 0 Å². The van der Waals surface area contributed by atoms with Crippen molar-refractivity contribution >= 4 is 5.91 Å². The highest BCUT2D eigenvalue weighted by atomic mass is 16.5. The van der Waals surface area contributed by atoms with Crippen molar-refractivity contribution in [2.45, 2.75) is 37.3 Å². The van der Waals surface area contributed by atoms with Gasteiger partial charge in [-0.15, -0.1) is 0 Å². The molecule has 1 amide bonds. The molecule has 0 aromatic heterocycles. The zero-order valence-electron chi connectivity index (χ0n) is 10.5. The Bertz CT molecular complexity index is 258. The Morgan fingerprint density at radius 1 is 1.59 bits per heavy atom. The molecule has 2 aliphatic heterocycles. The number of rotatable bonds is 4. The SMILES string of the molecule is COC1(CNC(=O)C2CCCCN2)CCOC1. The van der Waals surface area contributed by atoms with Gasteiger partial charge in [-0.1, -0.05) is 6.42 Å². The third-order valence-electron chi connectivity index (χ3n) is 3.71. The van der Waals surface area contributed by atoms with Crippen molar-refractivity contribution in [1.82, 2.24) is 10.6 Å². The third kappa shape index (κ3) is 3.18. The van der Waals surface area contributed by atoms with E-state index in [1.807, 2.05) is 0 Å². The van der Waals surface area contributed by atoms with Crippen LogP contribution in [0.4, 0.5) is 0 Å². The first kappa shape index (κ1) is 12.8. The second-order valence-electron chi connectivity index (χ2n) is 4.91. The van der Waals surface area contributed by atoms with Crippen molar-refractivity contribution in [2.75, 3.05) is 33.4 Å². The first-order valence-electron chi connectivity index (χ1n) is 6.40. The molecule has 17 heavy (non-hydrogen) atoms. The van der Waals surface area contributed by atoms with E-state index in [9.17, 15) is 4.79 Å². The van der Waals surface area contributed by atoms with Gasteiger partial charge in [-0.3, -0.25) is 4.79 Å². The van der Waals surface area contributed by atoms with E-state index in [2.05, 4.69) is 10.6 Å². The van der Waals surface area contributed by atoms with Gasteiger partial charge in [-0.2, -0.15) is 0 Å². The molecule has 98 valence electrons. The van der Waals surface area contributed by atoms with Gasteiger partial charge in [0.25, 0.3) is 0 Å². The summed E-state index contributed by atoms with van der Waals surface area (Å²) in [6.45, 7) is 2.77. The van der Waals surface area contributed by atoms with Gasteiger partial charge in [0, 0.05) is 26.7 Å². The van der Waals surface area contributed by atoms with E-state index >= 15 is 0 Å². The first-order chi connectivity index (χ1) is 8.26. The first-order valence-corrected chi connectivity index (χ1v) is 6.40. The zero-order chi connectivity index (χ0) is 12.1. The van der Waals surface area contributed by atoms with Crippen molar-refractivity contribution in [3.05, 3.63) is 0 Å². The van der Waals surface area contributed by atoms with E-state index in [4.69, 9.17) is 9.47 Å². The van der Waals surface area contributed by atoms with Crippen LogP contribution in [0.15, 0.2) is 0 Å². The molecule has 2 saturated heterocycles. The number of hydrogen-bond acceptors (Lipinski definition) is 4. The lowest BCUT2D eigenvalue weighted by Crippen LogP contribution is -2.51. The summed E-state index contributed by atoms with van der Waals surface area (Å²) >= 11 is 0. The maximum Gasteiger partial charge on any atom is 0.237 e. The molecule has 2 N–H and O–H groups in total. The summed E-state index contributed by atoms with van der Waals surface area (Å²) < 4.78 is 10.8. The van der Waals surface area contributed by atoms with Gasteiger partial charge >= 0.3 is 0 Å². The van der Waals surface area contributed by atoms with Gasteiger partial charge < -0.3 is 20.1 Å². The largest absolute Gasteiger partial charge is 0.378 e. The van der Waals surface area contributed by atoms with Crippen molar-refractivity contribution in [1.29, 1.82) is 0 Å². The summed E-state index contributed by atoms with van der Waals surface area (Å²) in [5.41, 5.74) is -0.315. The smallest absolute Gasteiger partial charge is 0.237 e. The molecule has 2 unspecified atom stereocenters. The molecule has 0 aromatic rings. The summed E-state index contributed by atoms with van der Waals surface area (Å²) in [4.78, 5) is 11.9. The molecular formula is C12H22N2O3. The van der Waals surface area contributed by atoms with E-state index in [0.29, 0.717) is 19.8 Å². The lowest BCUT2D eigenvalue weighted by molar-refractivity contribution is -0.125. The van der Waals surface area contributed by atoms with Gasteiger partial charge in [0.2, 0.25) is 5.91 Å². The van der Waals surface area contributed by atoms with Crippen LogP contribution in [-0.4, -0.2) is 51.0 Å². The maximum atomic E-state index is 11.9. The van der Waals surface area contributed by atoms with E-state index in [-0.39, 0.29) is 17.6 Å². The zero-order valence-corrected chi connectivity index (χ0v) is 10.5. The summed E-state index contributed by atoms with van der Waals surface area (Å²) in [5.74, 6) is 0.0908. The molecule has 0 saturated carbocycles. The number of methoxy groups -OCH3 is 1. The molecule has 2 heterocycles. The molecule has 0 aromatic carbocycles. The van der Waals surface area contributed by atoms with Crippen LogP contribution in [0.3, 0.4) is 0 Å². The normalized spacial score (nSPS) is 33.6. The Morgan fingerprint density at radius 3 is 3.06 bits per heavy atom. The number of nitrogens with one attached hydrogen (secondary N) is 2. The van der Waals surface area contributed by atoms with Crippen LogP contribution in [0.1, 0.15) is 25.7 Å². The van der Waals surface area contributed by atoms with Crippen LogP contribution >= 0.6 is 0 Å². The molecule has 2 rings (SSSR count). The Balaban J connectivity index is 1.78. The highest BCUT2D eigenvalue weighted by molar-refractivity contribution is 5.81. The fourth-order valence-electron chi connectivity index (χ4n) is 2.41. The molecule has 2 fully saturated rings. The number of piperidine rings is 1. The lowest BCUT2D eigenvalue weighted by Gasteiger charge is -2.28. The minimum Gasteiger partial charge on any atom is -0.378 e. The molecular weight excluding hydrogens is 220 g/mol. The van der Waals surface area contributed by atoms with E-state index in [0.717, 1.165) is 25.8 Å². The van der Waals surface area contributed by atoms with Gasteiger partial charge in [-0.05, 0) is 19.4 Å². The fourth-order valence-corrected chi connectivity index (χ4v) is 2.41. The Morgan fingerprint density at radius 2 is 2.47 bits per heavy atom. The van der Waals surface area contributed by atoms with Crippen molar-refractivity contribution in [3.63, 3.8) is 0 Å². The molecule has 0 aliphatic carbocycles. The van der Waals surface area contributed by atoms with Gasteiger partial charge in [-0.25, -0.2) is 0 Å². The second-order valence-corrected chi connectivity index (χ2v) is 4.91.